The van der Waals surface area contributed by atoms with Gasteiger partial charge in [-0.05, 0) is 204 Å². The van der Waals surface area contributed by atoms with Crippen LogP contribution in [0, 0.1) is 0 Å². The van der Waals surface area contributed by atoms with Gasteiger partial charge in [0.2, 0.25) is 0 Å². The zero-order chi connectivity index (χ0) is 81.4. The molecule has 0 saturated carbocycles. The Hall–Kier alpha value is -15.1. The Morgan fingerprint density at radius 2 is 0.411 bits per heavy atom. The molecule has 0 bridgehead atoms. The largest absolute Gasteiger partial charge is 0.299 e. The summed E-state index contributed by atoms with van der Waals surface area (Å²) in [6.07, 6.45) is 4.25. The third-order valence-electron chi connectivity index (χ3n) is 27.1. The fraction of sp³-hybridized carbons (Fsp3) is 0.0833. The van der Waals surface area contributed by atoms with Gasteiger partial charge in [0.1, 0.15) is 11.3 Å². The highest BCUT2D eigenvalue weighted by molar-refractivity contribution is 5.94. The Kier molecular flexibility index (Phi) is 18.4. The van der Waals surface area contributed by atoms with Crippen molar-refractivity contribution in [1.82, 2.24) is 18.8 Å². The van der Waals surface area contributed by atoms with Gasteiger partial charge in [-0.2, -0.15) is 0 Å². The molecule has 24 rings (SSSR count). The highest BCUT2D eigenvalue weighted by Gasteiger charge is 2.48. The van der Waals surface area contributed by atoms with Crippen molar-refractivity contribution >= 4 is 11.3 Å². The van der Waals surface area contributed by atoms with E-state index in [1.54, 1.807) is 0 Å². The Labute approximate surface area is 727 Å². The molecule has 0 amide bonds. The summed E-state index contributed by atoms with van der Waals surface area (Å²) in [7, 11) is 0. The van der Waals surface area contributed by atoms with Gasteiger partial charge in [-0.25, -0.2) is 9.97 Å². The Balaban J connectivity index is 0.000000158. The van der Waals surface area contributed by atoms with Gasteiger partial charge < -0.3 is 0 Å². The fourth-order valence-electron chi connectivity index (χ4n) is 21.2. The normalized spacial score (nSPS) is 13.8. The zero-order valence-electron chi connectivity index (χ0n) is 68.4. The highest BCUT2D eigenvalue weighted by Crippen LogP contribution is 2.60. The van der Waals surface area contributed by atoms with E-state index in [-0.39, 0.29) is 25.7 Å². The molecule has 0 spiro atoms. The molecule has 0 unspecified atom stereocenters. The van der Waals surface area contributed by atoms with Crippen molar-refractivity contribution in [3.05, 3.63) is 504 Å². The molecular weight excluding hydrogens is 1500 g/mol. The van der Waals surface area contributed by atoms with Crippen LogP contribution in [0.25, 0.3) is 145 Å². The molecule has 0 fully saturated rings. The van der Waals surface area contributed by atoms with Crippen LogP contribution in [-0.4, -0.2) is 18.8 Å². The summed E-state index contributed by atoms with van der Waals surface area (Å²) >= 11 is 0. The number of imidazole rings is 2. The number of fused-ring (bicyclic) bond motifs is 14. The third-order valence-corrected chi connectivity index (χ3v) is 27.1. The van der Waals surface area contributed by atoms with E-state index < -0.39 is 10.8 Å². The number of benzene rings is 16. The lowest BCUT2D eigenvalue weighted by atomic mass is 9.67. The lowest BCUT2D eigenvalue weighted by molar-refractivity contribution is 0.660. The molecule has 0 atom stereocenters. The number of hydrogen-bond donors (Lipinski definition) is 0. The number of rotatable bonds is 12. The van der Waals surface area contributed by atoms with Crippen LogP contribution in [0.4, 0.5) is 0 Å². The van der Waals surface area contributed by atoms with Gasteiger partial charge in [0, 0.05) is 45.5 Å². The minimum Gasteiger partial charge on any atom is -0.299 e. The van der Waals surface area contributed by atoms with E-state index in [9.17, 15) is 0 Å². The maximum atomic E-state index is 5.29. The van der Waals surface area contributed by atoms with Gasteiger partial charge >= 0.3 is 0 Å². The molecular formula is C120H92N4. The summed E-state index contributed by atoms with van der Waals surface area (Å²) in [6, 6.07) is 156. The molecule has 20 aromatic rings. The lowest BCUT2D eigenvalue weighted by Gasteiger charge is -2.34. The van der Waals surface area contributed by atoms with Crippen molar-refractivity contribution in [3.63, 3.8) is 0 Å². The van der Waals surface area contributed by atoms with Crippen molar-refractivity contribution in [1.29, 1.82) is 0 Å². The average molecular weight is 1590 g/mol. The molecule has 0 N–H and O–H groups in total. The summed E-state index contributed by atoms with van der Waals surface area (Å²) in [5.74, 6) is 0. The predicted octanol–water partition coefficient (Wildman–Crippen LogP) is 30.6. The molecule has 4 nitrogen and oxygen atoms in total. The molecule has 0 aliphatic heterocycles. The maximum absolute atomic E-state index is 5.29. The van der Waals surface area contributed by atoms with E-state index in [0.717, 1.165) is 61.9 Å². The Morgan fingerprint density at radius 1 is 0.185 bits per heavy atom. The first-order valence-electron chi connectivity index (χ1n) is 42.6. The first kappa shape index (κ1) is 76.3. The van der Waals surface area contributed by atoms with Crippen LogP contribution in [0.2, 0.25) is 0 Å². The second-order valence-electron chi connectivity index (χ2n) is 34.2. The Morgan fingerprint density at radius 3 is 0.726 bits per heavy atom. The number of hydrogen-bond acceptors (Lipinski definition) is 2. The maximum Gasteiger partial charge on any atom is 0.137 e. The van der Waals surface area contributed by atoms with Crippen molar-refractivity contribution in [2.24, 2.45) is 0 Å². The van der Waals surface area contributed by atoms with Crippen molar-refractivity contribution in [2.75, 3.05) is 0 Å². The van der Waals surface area contributed by atoms with Gasteiger partial charge in [-0.15, -0.1) is 0 Å². The van der Waals surface area contributed by atoms with Crippen LogP contribution >= 0.6 is 0 Å². The molecule has 124 heavy (non-hydrogen) atoms. The molecule has 592 valence electrons. The minimum absolute atomic E-state index is 0. The van der Waals surface area contributed by atoms with Gasteiger partial charge in [0.25, 0.3) is 0 Å². The molecule has 4 heterocycles. The topological polar surface area (TPSA) is 34.6 Å². The van der Waals surface area contributed by atoms with E-state index in [2.05, 4.69) is 474 Å². The molecule has 4 heteroatoms. The van der Waals surface area contributed by atoms with Gasteiger partial charge in [-0.3, -0.25) is 8.80 Å². The van der Waals surface area contributed by atoms with Crippen LogP contribution in [0.1, 0.15) is 109 Å². The molecule has 4 aliphatic carbocycles. The molecule has 16 aromatic carbocycles. The second kappa shape index (κ2) is 30.0. The zero-order valence-corrected chi connectivity index (χ0v) is 68.4. The summed E-state index contributed by atoms with van der Waals surface area (Å²) in [5, 5.41) is 0. The van der Waals surface area contributed by atoms with Gasteiger partial charge in [0.15, 0.2) is 0 Å². The summed E-state index contributed by atoms with van der Waals surface area (Å²) in [4.78, 5) is 10.5. The summed E-state index contributed by atoms with van der Waals surface area (Å²) in [6.45, 7) is 9.37. The van der Waals surface area contributed by atoms with Crippen LogP contribution in [0.15, 0.2) is 437 Å². The van der Waals surface area contributed by atoms with Crippen LogP contribution in [0.5, 0.6) is 0 Å². The number of nitrogens with zero attached hydrogens (tertiary/aromatic N) is 4. The highest BCUT2D eigenvalue weighted by atomic mass is 15.0. The lowest BCUT2D eigenvalue weighted by Crippen LogP contribution is -2.28. The number of pyridine rings is 2. The van der Waals surface area contributed by atoms with E-state index in [0.29, 0.717) is 0 Å². The summed E-state index contributed by atoms with van der Waals surface area (Å²) < 4.78 is 4.44. The van der Waals surface area contributed by atoms with Crippen molar-refractivity contribution in [3.8, 4) is 134 Å². The molecule has 0 saturated heterocycles. The Bertz CT molecular complexity index is 7420. The smallest absolute Gasteiger partial charge is 0.137 e. The standard InChI is InChI=1S/C69H46N2.C49H38N2.2CH4/c1-5-19-53(20-6-1)68(54-21-7-2-8-22-54)61-29-15-13-27-57(61)59-42-40-51(45-63(59)68)47-32-36-49(37-33-47)66-67(71-44-18-17-31-65(71)70-66)50-38-34-48(35-39-50)52-41-43-60-58-28-14-16-30-62(58)69(64(60)46-52,55-23-9-3-10-24-55)56-25-11-4-12-26-56;1-48(2)41-13-7-5-11-37(41)39-26-24-35(29-43(39)48)31-16-20-33(21-17-31)46-47(51-28-10-9-15-45(51)50-46)34-22-18-32(19-23-34)36-25-27-40-38-12-6-8-14-42(38)49(3,4)44(40)30-36;;/h1-46H;5-30H,1-4H3;2*1H4. The number of aromatic nitrogens is 4. The molecule has 4 aromatic heterocycles. The molecule has 0 radical (unpaired) electrons. The first-order valence-corrected chi connectivity index (χ1v) is 42.6. The van der Waals surface area contributed by atoms with Crippen molar-refractivity contribution in [2.45, 2.75) is 64.2 Å². The molecule has 4 aliphatic rings. The van der Waals surface area contributed by atoms with Crippen LogP contribution in [-0.2, 0) is 21.7 Å². The van der Waals surface area contributed by atoms with Crippen molar-refractivity contribution < 1.29 is 0 Å². The SMILES string of the molecule is C.C.CC1(C)c2ccccc2-c2ccc(-c3ccc(-c4nc5ccccn5c4-c4ccc(-c5ccc6c(c5)C(C)(C)c5ccccc5-6)cc4)cc3)cc21.c1ccc(C2(c3ccccc3)c3ccccc3-c3ccc(-c4ccc(-c5nc6ccccn6c5-c5ccc(-c6ccc7c(c6)C(c6ccccc6)(c6ccccc6)c6ccccc6-7)cc5)cc4)cc32)cc1. The van der Waals surface area contributed by atoms with Crippen LogP contribution < -0.4 is 0 Å². The van der Waals surface area contributed by atoms with E-state index in [1.165, 1.54) is 150 Å². The first-order chi connectivity index (χ1) is 60.0. The van der Waals surface area contributed by atoms with E-state index in [1.807, 2.05) is 0 Å². The van der Waals surface area contributed by atoms with E-state index >= 15 is 0 Å². The quantitative estimate of drug-likeness (QED) is 0.122. The minimum atomic E-state index is -0.452. The second-order valence-corrected chi connectivity index (χ2v) is 34.2. The average Bonchev–Trinajstić information content (AvgIpc) is 1.54. The third kappa shape index (κ3) is 11.8. The summed E-state index contributed by atoms with van der Waals surface area (Å²) in [5.41, 5.74) is 45.6. The van der Waals surface area contributed by atoms with Gasteiger partial charge in [-0.1, -0.05) is 419 Å². The monoisotopic (exact) mass is 1590 g/mol. The predicted molar refractivity (Wildman–Crippen MR) is 517 cm³/mol. The van der Waals surface area contributed by atoms with E-state index in [4.69, 9.17) is 9.97 Å². The van der Waals surface area contributed by atoms with Gasteiger partial charge in [0.05, 0.1) is 33.6 Å². The fourth-order valence-corrected chi connectivity index (χ4v) is 21.2. The van der Waals surface area contributed by atoms with Crippen LogP contribution in [0.3, 0.4) is 0 Å².